The molecule has 0 radical (unpaired) electrons. The molecular formula is C26H33ClN4O3. The molecule has 3 rings (SSSR count). The van der Waals surface area contributed by atoms with Gasteiger partial charge in [0, 0.05) is 16.1 Å². The molecule has 182 valence electrons. The van der Waals surface area contributed by atoms with Crippen LogP contribution in [-0.4, -0.2) is 41.8 Å². The minimum atomic E-state index is -1.15. The Morgan fingerprint density at radius 2 is 1.56 bits per heavy atom. The van der Waals surface area contributed by atoms with Crippen molar-refractivity contribution in [1.82, 2.24) is 15.5 Å². The lowest BCUT2D eigenvalue weighted by Gasteiger charge is -2.53. The summed E-state index contributed by atoms with van der Waals surface area (Å²) in [6.07, 6.45) is 0. The molecule has 7 nitrogen and oxygen atoms in total. The van der Waals surface area contributed by atoms with E-state index < -0.39 is 22.6 Å². The number of benzene rings is 2. The predicted octanol–water partition coefficient (Wildman–Crippen LogP) is 4.36. The van der Waals surface area contributed by atoms with Crippen LogP contribution in [0.15, 0.2) is 66.1 Å². The number of carboxylic acids is 1. The number of halogens is 1. The van der Waals surface area contributed by atoms with E-state index in [9.17, 15) is 14.7 Å². The third kappa shape index (κ3) is 4.26. The first-order valence-corrected chi connectivity index (χ1v) is 11.5. The average Bonchev–Trinajstić information content (AvgIpc) is 3.11. The summed E-state index contributed by atoms with van der Waals surface area (Å²) in [6, 6.07) is 16.4. The Morgan fingerprint density at radius 3 is 2.03 bits per heavy atom. The fraction of sp³-hybridized carbons (Fsp3) is 0.385. The molecule has 8 heteroatoms. The van der Waals surface area contributed by atoms with E-state index >= 15 is 0 Å². The molecule has 1 amide bonds. The molecular weight excluding hydrogens is 452 g/mol. The highest BCUT2D eigenvalue weighted by molar-refractivity contribution is 6.30. The van der Waals surface area contributed by atoms with Crippen LogP contribution in [0.1, 0.15) is 40.2 Å². The van der Waals surface area contributed by atoms with Crippen molar-refractivity contribution in [2.45, 2.75) is 45.8 Å². The van der Waals surface area contributed by atoms with Crippen molar-refractivity contribution in [2.75, 3.05) is 19.0 Å². The minimum Gasteiger partial charge on any atom is -0.476 e. The highest BCUT2D eigenvalue weighted by atomic mass is 35.5. The maximum atomic E-state index is 13.5. The van der Waals surface area contributed by atoms with Crippen molar-refractivity contribution in [3.8, 4) is 0 Å². The molecule has 1 atom stereocenters. The van der Waals surface area contributed by atoms with E-state index in [4.69, 9.17) is 11.6 Å². The molecule has 0 saturated heterocycles. The predicted molar refractivity (Wildman–Crippen MR) is 135 cm³/mol. The second kappa shape index (κ2) is 8.96. The van der Waals surface area contributed by atoms with Crippen LogP contribution in [0.25, 0.3) is 0 Å². The third-order valence-electron chi connectivity index (χ3n) is 6.37. The van der Waals surface area contributed by atoms with Crippen molar-refractivity contribution in [2.24, 2.45) is 5.41 Å². The Morgan fingerprint density at radius 1 is 1.00 bits per heavy atom. The molecule has 3 N–H and O–H groups in total. The summed E-state index contributed by atoms with van der Waals surface area (Å²) in [6.45, 7) is 9.66. The van der Waals surface area contributed by atoms with Crippen LogP contribution in [0.4, 0.5) is 5.69 Å². The van der Waals surface area contributed by atoms with Crippen LogP contribution in [-0.2, 0) is 15.0 Å². The van der Waals surface area contributed by atoms with Crippen molar-refractivity contribution in [3.05, 3.63) is 76.7 Å². The Hall–Kier alpha value is -3.03. The second-order valence-electron chi connectivity index (χ2n) is 10.2. The number of hydrogen-bond acceptors (Lipinski definition) is 5. The number of nitrogens with zero attached hydrogens (tertiary/aromatic N) is 2. The number of carbonyl (C=O) groups is 2. The highest BCUT2D eigenvalue weighted by Crippen LogP contribution is 2.45. The number of anilines is 1. The summed E-state index contributed by atoms with van der Waals surface area (Å²) < 4.78 is 0. The molecule has 1 unspecified atom stereocenters. The Kier molecular flexibility index (Phi) is 6.75. The van der Waals surface area contributed by atoms with Gasteiger partial charge in [0.05, 0.1) is 5.41 Å². The first-order valence-electron chi connectivity index (χ1n) is 11.1. The maximum Gasteiger partial charge on any atom is 0.356 e. The quantitative estimate of drug-likeness (QED) is 0.565. The van der Waals surface area contributed by atoms with Crippen molar-refractivity contribution < 1.29 is 14.7 Å². The van der Waals surface area contributed by atoms with Gasteiger partial charge in [-0.05, 0) is 57.8 Å². The van der Waals surface area contributed by atoms with Crippen LogP contribution < -0.4 is 15.5 Å². The van der Waals surface area contributed by atoms with E-state index in [0.717, 1.165) is 5.56 Å². The number of aliphatic carboxylic acids is 1. The van der Waals surface area contributed by atoms with Gasteiger partial charge >= 0.3 is 5.97 Å². The molecule has 2 aromatic rings. The summed E-state index contributed by atoms with van der Waals surface area (Å²) in [4.78, 5) is 29.8. The van der Waals surface area contributed by atoms with Crippen molar-refractivity contribution in [1.29, 1.82) is 0 Å². The van der Waals surface area contributed by atoms with Crippen LogP contribution in [0.2, 0.25) is 5.02 Å². The molecule has 1 aliphatic rings. The van der Waals surface area contributed by atoms with Gasteiger partial charge in [0.2, 0.25) is 5.91 Å². The standard InChI is InChI=1S/C26H33ClN4O3/c1-24(2,3)26(30(6)7)29-21(20(22(32)33)31(26)19-11-9-8-10-12-19)28-23(34)25(4,5)17-13-15-18(27)16-14-17/h8-16,29H,1-7H3,(H,28,34)(H,32,33). The smallest absolute Gasteiger partial charge is 0.356 e. The Balaban J connectivity index is 2.14. The third-order valence-corrected chi connectivity index (χ3v) is 6.62. The largest absolute Gasteiger partial charge is 0.476 e. The molecule has 0 saturated carbocycles. The number of amides is 1. The van der Waals surface area contributed by atoms with E-state index in [2.05, 4.69) is 10.6 Å². The normalized spacial score (nSPS) is 18.8. The molecule has 1 aliphatic heterocycles. The SMILES string of the molecule is CN(C)C1(C(C)(C)C)NC(NC(=O)C(C)(C)c2ccc(Cl)cc2)=C(C(=O)O)N1c1ccccc1. The lowest BCUT2D eigenvalue weighted by Crippen LogP contribution is -2.70. The van der Waals surface area contributed by atoms with Gasteiger partial charge in [-0.3, -0.25) is 14.6 Å². The number of rotatable bonds is 6. The van der Waals surface area contributed by atoms with Crippen molar-refractivity contribution in [3.63, 3.8) is 0 Å². The van der Waals surface area contributed by atoms with Gasteiger partial charge in [-0.25, -0.2) is 4.79 Å². The number of carboxylic acid groups (broad SMARTS) is 1. The Labute approximate surface area is 206 Å². The average molecular weight is 485 g/mol. The van der Waals surface area contributed by atoms with E-state index in [-0.39, 0.29) is 17.4 Å². The highest BCUT2D eigenvalue weighted by Gasteiger charge is 2.57. The summed E-state index contributed by atoms with van der Waals surface area (Å²) in [5, 5.41) is 17.2. The van der Waals surface area contributed by atoms with Crippen LogP contribution in [0, 0.1) is 5.41 Å². The molecule has 2 aromatic carbocycles. The van der Waals surface area contributed by atoms with Crippen molar-refractivity contribution >= 4 is 29.2 Å². The molecule has 0 aromatic heterocycles. The first kappa shape index (κ1) is 25.6. The van der Waals surface area contributed by atoms with E-state index in [1.807, 2.05) is 70.1 Å². The van der Waals surface area contributed by atoms with E-state index in [1.54, 1.807) is 43.0 Å². The van der Waals surface area contributed by atoms with Gasteiger partial charge in [-0.1, -0.05) is 62.7 Å². The minimum absolute atomic E-state index is 0.0323. The zero-order valence-electron chi connectivity index (χ0n) is 20.7. The zero-order chi connectivity index (χ0) is 25.5. The lowest BCUT2D eigenvalue weighted by molar-refractivity contribution is -0.133. The number of nitrogens with one attached hydrogen (secondary N) is 2. The van der Waals surface area contributed by atoms with Gasteiger partial charge < -0.3 is 15.7 Å². The molecule has 0 bridgehead atoms. The summed E-state index contributed by atoms with van der Waals surface area (Å²) >= 11 is 6.02. The van der Waals surface area contributed by atoms with Crippen LogP contribution in [0.3, 0.4) is 0 Å². The topological polar surface area (TPSA) is 84.9 Å². The fourth-order valence-electron chi connectivity index (χ4n) is 4.52. The van der Waals surface area contributed by atoms with Gasteiger partial charge in [0.15, 0.2) is 11.5 Å². The number of hydrogen-bond donors (Lipinski definition) is 3. The molecule has 0 spiro atoms. The summed E-state index contributed by atoms with van der Waals surface area (Å²) in [7, 11) is 3.77. The van der Waals surface area contributed by atoms with Gasteiger partial charge in [-0.15, -0.1) is 0 Å². The van der Waals surface area contributed by atoms with Crippen LogP contribution >= 0.6 is 11.6 Å². The van der Waals surface area contributed by atoms with E-state index in [0.29, 0.717) is 10.7 Å². The number of carbonyl (C=O) groups excluding carboxylic acids is 1. The van der Waals surface area contributed by atoms with Gasteiger partial charge in [0.25, 0.3) is 0 Å². The Bertz CT molecular complexity index is 1110. The molecule has 34 heavy (non-hydrogen) atoms. The maximum absolute atomic E-state index is 13.5. The van der Waals surface area contributed by atoms with E-state index in [1.165, 1.54) is 0 Å². The van der Waals surface area contributed by atoms with Gasteiger partial charge in [-0.2, -0.15) is 0 Å². The first-order chi connectivity index (χ1) is 15.7. The molecule has 0 aliphatic carbocycles. The monoisotopic (exact) mass is 484 g/mol. The summed E-state index contributed by atoms with van der Waals surface area (Å²) in [5.74, 6) is -2.32. The lowest BCUT2D eigenvalue weighted by atomic mass is 9.83. The summed E-state index contributed by atoms with van der Waals surface area (Å²) in [5.41, 5.74) is 0.00309. The molecule has 0 fully saturated rings. The van der Waals surface area contributed by atoms with Crippen LogP contribution in [0.5, 0.6) is 0 Å². The zero-order valence-corrected chi connectivity index (χ0v) is 21.5. The number of para-hydroxylation sites is 1. The van der Waals surface area contributed by atoms with Gasteiger partial charge in [0.1, 0.15) is 5.82 Å². The molecule has 1 heterocycles. The second-order valence-corrected chi connectivity index (χ2v) is 10.7. The fourth-order valence-corrected chi connectivity index (χ4v) is 4.65.